The van der Waals surface area contributed by atoms with Gasteiger partial charge in [-0.1, -0.05) is 0 Å². The van der Waals surface area contributed by atoms with E-state index in [2.05, 4.69) is 28.8 Å². The summed E-state index contributed by atoms with van der Waals surface area (Å²) in [5, 5.41) is 0. The molecule has 0 saturated carbocycles. The molecule has 4 nitrogen and oxygen atoms in total. The van der Waals surface area contributed by atoms with Gasteiger partial charge in [0.1, 0.15) is 17.3 Å². The van der Waals surface area contributed by atoms with Gasteiger partial charge in [0.05, 0.1) is 23.6 Å². The fraction of sp³-hybridized carbons (Fsp3) is 0.375. The molecule has 28 heavy (non-hydrogen) atoms. The van der Waals surface area contributed by atoms with Crippen LogP contribution in [0.25, 0.3) is 22.5 Å². The number of ether oxygens (including phenoxy) is 2. The van der Waals surface area contributed by atoms with E-state index in [-0.39, 0.29) is 12.2 Å². The van der Waals surface area contributed by atoms with Crippen molar-refractivity contribution in [2.24, 2.45) is 0 Å². The molecular formula is C24H28N2O2. The van der Waals surface area contributed by atoms with Crippen molar-refractivity contribution >= 4 is 0 Å². The fourth-order valence-corrected chi connectivity index (χ4v) is 3.75. The van der Waals surface area contributed by atoms with Gasteiger partial charge in [-0.3, -0.25) is 0 Å². The third-order valence-electron chi connectivity index (χ3n) is 4.83. The Labute approximate surface area is 167 Å². The van der Waals surface area contributed by atoms with Crippen LogP contribution in [-0.2, 0) is 13.0 Å². The molecule has 0 bridgehead atoms. The van der Waals surface area contributed by atoms with Gasteiger partial charge in [-0.15, -0.1) is 0 Å². The standard InChI is InChI=1S/C24H28N2O2/c1-16(2)27-20-11-7-18(8-12-20)23-24(26-15-5-6-22(26)25-23)19-9-13-21(14-10-19)28-17(3)4/h7-14,16-17H,5-6,15H2,1-4H3. The van der Waals surface area contributed by atoms with Gasteiger partial charge in [0, 0.05) is 24.1 Å². The van der Waals surface area contributed by atoms with Crippen LogP contribution in [0.3, 0.4) is 0 Å². The molecule has 2 aromatic carbocycles. The van der Waals surface area contributed by atoms with Crippen molar-refractivity contribution in [1.29, 1.82) is 0 Å². The van der Waals surface area contributed by atoms with Crippen molar-refractivity contribution < 1.29 is 9.47 Å². The topological polar surface area (TPSA) is 36.3 Å². The first kappa shape index (κ1) is 18.6. The van der Waals surface area contributed by atoms with Crippen LogP contribution in [0.2, 0.25) is 0 Å². The van der Waals surface area contributed by atoms with E-state index in [1.807, 2.05) is 52.0 Å². The van der Waals surface area contributed by atoms with Crippen LogP contribution in [0.1, 0.15) is 39.9 Å². The van der Waals surface area contributed by atoms with Crippen LogP contribution in [0.4, 0.5) is 0 Å². The summed E-state index contributed by atoms with van der Waals surface area (Å²) < 4.78 is 14.0. The van der Waals surface area contributed by atoms with E-state index >= 15 is 0 Å². The van der Waals surface area contributed by atoms with Crippen LogP contribution in [0.5, 0.6) is 11.5 Å². The second kappa shape index (κ2) is 7.70. The van der Waals surface area contributed by atoms with Gasteiger partial charge < -0.3 is 14.0 Å². The van der Waals surface area contributed by atoms with Crippen LogP contribution in [0.15, 0.2) is 48.5 Å². The third-order valence-corrected chi connectivity index (χ3v) is 4.83. The van der Waals surface area contributed by atoms with Gasteiger partial charge in [-0.05, 0) is 82.6 Å². The summed E-state index contributed by atoms with van der Waals surface area (Å²) in [5.41, 5.74) is 4.54. The number of aromatic nitrogens is 2. The highest BCUT2D eigenvalue weighted by molar-refractivity contribution is 5.79. The van der Waals surface area contributed by atoms with E-state index in [4.69, 9.17) is 14.5 Å². The maximum atomic E-state index is 5.80. The minimum Gasteiger partial charge on any atom is -0.491 e. The van der Waals surface area contributed by atoms with E-state index in [9.17, 15) is 0 Å². The number of rotatable bonds is 6. The van der Waals surface area contributed by atoms with Gasteiger partial charge in [0.25, 0.3) is 0 Å². The minimum absolute atomic E-state index is 0.171. The van der Waals surface area contributed by atoms with Gasteiger partial charge in [-0.25, -0.2) is 4.98 Å². The molecule has 2 heterocycles. The highest BCUT2D eigenvalue weighted by Gasteiger charge is 2.23. The maximum absolute atomic E-state index is 5.80. The molecule has 4 rings (SSSR count). The minimum atomic E-state index is 0.171. The molecule has 146 valence electrons. The highest BCUT2D eigenvalue weighted by Crippen LogP contribution is 2.36. The van der Waals surface area contributed by atoms with Gasteiger partial charge in [0.15, 0.2) is 0 Å². The summed E-state index contributed by atoms with van der Waals surface area (Å²) in [5.74, 6) is 2.97. The molecule has 0 fully saturated rings. The van der Waals surface area contributed by atoms with E-state index < -0.39 is 0 Å². The Morgan fingerprint density at radius 1 is 0.786 bits per heavy atom. The van der Waals surface area contributed by atoms with E-state index in [1.165, 1.54) is 17.1 Å². The number of imidazole rings is 1. The average molecular weight is 377 g/mol. The molecule has 1 aliphatic heterocycles. The zero-order valence-electron chi connectivity index (χ0n) is 17.1. The normalized spacial score (nSPS) is 13.2. The molecule has 0 spiro atoms. The summed E-state index contributed by atoms with van der Waals surface area (Å²) >= 11 is 0. The Balaban J connectivity index is 1.71. The molecule has 0 radical (unpaired) electrons. The zero-order valence-corrected chi connectivity index (χ0v) is 17.1. The summed E-state index contributed by atoms with van der Waals surface area (Å²) in [6, 6.07) is 16.7. The lowest BCUT2D eigenvalue weighted by molar-refractivity contribution is 0.242. The van der Waals surface area contributed by atoms with Crippen molar-refractivity contribution in [3.63, 3.8) is 0 Å². The fourth-order valence-electron chi connectivity index (χ4n) is 3.75. The molecule has 1 aliphatic rings. The van der Waals surface area contributed by atoms with Crippen molar-refractivity contribution in [3.05, 3.63) is 54.4 Å². The van der Waals surface area contributed by atoms with Crippen LogP contribution in [0, 0.1) is 0 Å². The van der Waals surface area contributed by atoms with Crippen molar-refractivity contribution in [2.75, 3.05) is 0 Å². The van der Waals surface area contributed by atoms with Gasteiger partial charge in [0.2, 0.25) is 0 Å². The third kappa shape index (κ3) is 3.77. The molecule has 0 N–H and O–H groups in total. The smallest absolute Gasteiger partial charge is 0.119 e. The predicted octanol–water partition coefficient (Wildman–Crippen LogP) is 5.74. The number of fused-ring (bicyclic) bond motifs is 1. The lowest BCUT2D eigenvalue weighted by Gasteiger charge is -2.13. The van der Waals surface area contributed by atoms with Gasteiger partial charge >= 0.3 is 0 Å². The van der Waals surface area contributed by atoms with Crippen molar-refractivity contribution in [1.82, 2.24) is 9.55 Å². The van der Waals surface area contributed by atoms with Crippen LogP contribution in [-0.4, -0.2) is 21.8 Å². The van der Waals surface area contributed by atoms with Crippen molar-refractivity contribution in [3.8, 4) is 34.0 Å². The highest BCUT2D eigenvalue weighted by atomic mass is 16.5. The van der Waals surface area contributed by atoms with Crippen LogP contribution < -0.4 is 9.47 Å². The van der Waals surface area contributed by atoms with Crippen LogP contribution >= 0.6 is 0 Å². The predicted molar refractivity (Wildman–Crippen MR) is 113 cm³/mol. The molecule has 0 amide bonds. The monoisotopic (exact) mass is 376 g/mol. The van der Waals surface area contributed by atoms with Crippen molar-refractivity contribution in [2.45, 2.75) is 59.3 Å². The Morgan fingerprint density at radius 3 is 1.86 bits per heavy atom. The number of hydrogen-bond donors (Lipinski definition) is 0. The first-order valence-electron chi connectivity index (χ1n) is 10.1. The Bertz CT molecular complexity index is 938. The summed E-state index contributed by atoms with van der Waals surface area (Å²) in [4.78, 5) is 4.99. The van der Waals surface area contributed by atoms with E-state index in [0.717, 1.165) is 42.1 Å². The largest absolute Gasteiger partial charge is 0.491 e. The number of hydrogen-bond acceptors (Lipinski definition) is 3. The van der Waals surface area contributed by atoms with E-state index in [0.29, 0.717) is 0 Å². The maximum Gasteiger partial charge on any atom is 0.119 e. The summed E-state index contributed by atoms with van der Waals surface area (Å²) in [6.07, 6.45) is 2.54. The van der Waals surface area contributed by atoms with E-state index in [1.54, 1.807) is 0 Å². The second-order valence-corrected chi connectivity index (χ2v) is 7.86. The molecule has 0 atom stereocenters. The first-order chi connectivity index (χ1) is 13.5. The Morgan fingerprint density at radius 2 is 1.32 bits per heavy atom. The number of aryl methyl sites for hydroxylation is 1. The number of benzene rings is 2. The second-order valence-electron chi connectivity index (χ2n) is 7.86. The lowest BCUT2D eigenvalue weighted by Crippen LogP contribution is -2.05. The first-order valence-corrected chi connectivity index (χ1v) is 10.1. The molecule has 0 unspecified atom stereocenters. The quantitative estimate of drug-likeness (QED) is 0.550. The molecule has 1 aromatic heterocycles. The summed E-state index contributed by atoms with van der Waals surface area (Å²) in [7, 11) is 0. The average Bonchev–Trinajstić information content (AvgIpc) is 3.23. The molecule has 0 saturated heterocycles. The zero-order chi connectivity index (χ0) is 19.7. The molecule has 0 aliphatic carbocycles. The molecular weight excluding hydrogens is 348 g/mol. The molecule has 3 aromatic rings. The summed E-state index contributed by atoms with van der Waals surface area (Å²) in [6.45, 7) is 9.19. The lowest BCUT2D eigenvalue weighted by atomic mass is 10.0. The van der Waals surface area contributed by atoms with Gasteiger partial charge in [-0.2, -0.15) is 0 Å². The Hall–Kier alpha value is -2.75. The number of nitrogens with zero attached hydrogens (tertiary/aromatic N) is 2. The Kier molecular flexibility index (Phi) is 5.12. The SMILES string of the molecule is CC(C)Oc1ccc(-c2nc3n(c2-c2ccc(OC(C)C)cc2)CCC3)cc1. The molecule has 4 heteroatoms.